The second-order valence-electron chi connectivity index (χ2n) is 4.10. The lowest BCUT2D eigenvalue weighted by atomic mass is 10.1. The summed E-state index contributed by atoms with van der Waals surface area (Å²) in [5.74, 6) is 0. The molecule has 4 nitrogen and oxygen atoms in total. The van der Waals surface area contributed by atoms with E-state index in [4.69, 9.17) is 4.18 Å². The molecule has 1 aliphatic heterocycles. The van der Waals surface area contributed by atoms with Crippen molar-refractivity contribution in [2.75, 3.05) is 19.3 Å². The molecule has 2 rings (SSSR count). The van der Waals surface area contributed by atoms with Crippen molar-refractivity contribution in [3.8, 4) is 0 Å². The van der Waals surface area contributed by atoms with Crippen molar-refractivity contribution in [1.29, 1.82) is 0 Å². The number of hydrogen-bond donors (Lipinski definition) is 0. The average Bonchev–Trinajstić information content (AvgIpc) is 2.14. The smallest absolute Gasteiger partial charge is 0.264 e. The van der Waals surface area contributed by atoms with E-state index in [1.54, 1.807) is 0 Å². The Labute approximate surface area is 108 Å². The number of nitrogens with zero attached hydrogens (tertiary/aromatic N) is 1. The third-order valence-electron chi connectivity index (χ3n) is 2.48. The van der Waals surface area contributed by atoms with Gasteiger partial charge in [0.1, 0.15) is 6.10 Å². The molecule has 1 heterocycles. The third-order valence-corrected chi connectivity index (χ3v) is 3.11. The van der Waals surface area contributed by atoms with Gasteiger partial charge >= 0.3 is 0 Å². The van der Waals surface area contributed by atoms with Gasteiger partial charge in [-0.15, -0.1) is 12.4 Å². The van der Waals surface area contributed by atoms with Crippen molar-refractivity contribution in [1.82, 2.24) is 4.90 Å². The van der Waals surface area contributed by atoms with Gasteiger partial charge in [-0.25, -0.2) is 0 Å². The van der Waals surface area contributed by atoms with Crippen LogP contribution in [0.4, 0.5) is 0 Å². The van der Waals surface area contributed by atoms with Crippen LogP contribution in [-0.4, -0.2) is 38.8 Å². The van der Waals surface area contributed by atoms with Crippen LogP contribution in [-0.2, 0) is 20.8 Å². The lowest BCUT2D eigenvalue weighted by Gasteiger charge is -2.37. The fourth-order valence-corrected chi connectivity index (χ4v) is 2.42. The second-order valence-corrected chi connectivity index (χ2v) is 5.70. The van der Waals surface area contributed by atoms with Gasteiger partial charge in [0, 0.05) is 19.6 Å². The Bertz CT molecular complexity index is 443. The van der Waals surface area contributed by atoms with Crippen LogP contribution in [0.15, 0.2) is 30.3 Å². The van der Waals surface area contributed by atoms with E-state index >= 15 is 0 Å². The fourth-order valence-electron chi connectivity index (χ4n) is 1.80. The molecule has 1 aliphatic rings. The Morgan fingerprint density at radius 1 is 1.29 bits per heavy atom. The third kappa shape index (κ3) is 4.63. The topological polar surface area (TPSA) is 46.6 Å². The minimum atomic E-state index is -3.31. The van der Waals surface area contributed by atoms with E-state index < -0.39 is 10.1 Å². The molecule has 6 heteroatoms. The van der Waals surface area contributed by atoms with E-state index in [1.165, 1.54) is 5.56 Å². The van der Waals surface area contributed by atoms with Gasteiger partial charge in [0.25, 0.3) is 10.1 Å². The summed E-state index contributed by atoms with van der Waals surface area (Å²) in [5, 5.41) is 0. The predicted octanol–water partition coefficient (Wildman–Crippen LogP) is 1.27. The van der Waals surface area contributed by atoms with Crippen LogP contribution in [0.1, 0.15) is 5.56 Å². The maximum atomic E-state index is 10.9. The Morgan fingerprint density at radius 3 is 2.41 bits per heavy atom. The molecule has 0 aliphatic carbocycles. The van der Waals surface area contributed by atoms with Crippen LogP contribution < -0.4 is 0 Å². The molecule has 0 unspecified atom stereocenters. The minimum Gasteiger partial charge on any atom is -0.294 e. The first-order chi connectivity index (χ1) is 7.53. The van der Waals surface area contributed by atoms with Crippen molar-refractivity contribution in [3.05, 3.63) is 35.9 Å². The van der Waals surface area contributed by atoms with Gasteiger partial charge in [-0.05, 0) is 5.56 Å². The molecule has 1 aromatic carbocycles. The van der Waals surface area contributed by atoms with E-state index in [0.29, 0.717) is 13.1 Å². The first-order valence-corrected chi connectivity index (χ1v) is 6.99. The maximum absolute atomic E-state index is 10.9. The maximum Gasteiger partial charge on any atom is 0.264 e. The molecule has 0 bridgehead atoms. The molecule has 96 valence electrons. The molecule has 0 radical (unpaired) electrons. The Balaban J connectivity index is 0.00000144. The van der Waals surface area contributed by atoms with Gasteiger partial charge in [0.05, 0.1) is 6.26 Å². The van der Waals surface area contributed by atoms with E-state index in [1.807, 2.05) is 18.2 Å². The lowest BCUT2D eigenvalue weighted by molar-refractivity contribution is 0.0195. The molecular weight excluding hydrogens is 262 g/mol. The van der Waals surface area contributed by atoms with Crippen LogP contribution in [0, 0.1) is 0 Å². The number of benzene rings is 1. The normalized spacial score (nSPS) is 17.2. The molecule has 0 saturated carbocycles. The summed E-state index contributed by atoms with van der Waals surface area (Å²) >= 11 is 0. The molecule has 0 atom stereocenters. The summed E-state index contributed by atoms with van der Waals surface area (Å²) < 4.78 is 26.6. The zero-order valence-electron chi connectivity index (χ0n) is 9.57. The minimum absolute atomic E-state index is 0. The lowest BCUT2D eigenvalue weighted by Crippen LogP contribution is -2.52. The Kier molecular flexibility index (Phi) is 4.94. The van der Waals surface area contributed by atoms with Gasteiger partial charge in [-0.3, -0.25) is 9.08 Å². The van der Waals surface area contributed by atoms with E-state index in [2.05, 4.69) is 17.0 Å². The highest BCUT2D eigenvalue weighted by atomic mass is 35.5. The fraction of sp³-hybridized carbons (Fsp3) is 0.455. The SMILES string of the molecule is CS(=O)(=O)OC1CN(Cc2ccccc2)C1.Cl. The quantitative estimate of drug-likeness (QED) is 0.778. The van der Waals surface area contributed by atoms with Gasteiger partial charge < -0.3 is 0 Å². The Hall–Kier alpha value is -0.620. The monoisotopic (exact) mass is 277 g/mol. The summed E-state index contributed by atoms with van der Waals surface area (Å²) in [5.41, 5.74) is 1.24. The molecule has 1 saturated heterocycles. The van der Waals surface area contributed by atoms with Gasteiger partial charge in [-0.1, -0.05) is 30.3 Å². The molecule has 0 aromatic heterocycles. The van der Waals surface area contributed by atoms with Crippen LogP contribution in [0.5, 0.6) is 0 Å². The second kappa shape index (κ2) is 5.82. The van der Waals surface area contributed by atoms with Crippen molar-refractivity contribution in [3.63, 3.8) is 0 Å². The van der Waals surface area contributed by atoms with E-state index in [0.717, 1.165) is 12.8 Å². The zero-order valence-corrected chi connectivity index (χ0v) is 11.2. The largest absolute Gasteiger partial charge is 0.294 e. The molecule has 1 aromatic rings. The van der Waals surface area contributed by atoms with Crippen LogP contribution in [0.2, 0.25) is 0 Å². The first kappa shape index (κ1) is 14.4. The van der Waals surface area contributed by atoms with Crippen molar-refractivity contribution in [2.24, 2.45) is 0 Å². The van der Waals surface area contributed by atoms with Gasteiger partial charge in [0.2, 0.25) is 0 Å². The van der Waals surface area contributed by atoms with Crippen LogP contribution in [0.25, 0.3) is 0 Å². The summed E-state index contributed by atoms with van der Waals surface area (Å²) in [7, 11) is -3.31. The van der Waals surface area contributed by atoms with Crippen molar-refractivity contribution in [2.45, 2.75) is 12.6 Å². The number of rotatable bonds is 4. The molecule has 0 N–H and O–H groups in total. The molecule has 0 spiro atoms. The summed E-state index contributed by atoms with van der Waals surface area (Å²) in [6.45, 7) is 2.22. The summed E-state index contributed by atoms with van der Waals surface area (Å²) in [4.78, 5) is 2.16. The summed E-state index contributed by atoms with van der Waals surface area (Å²) in [6, 6.07) is 10.1. The van der Waals surface area contributed by atoms with Gasteiger partial charge in [0.15, 0.2) is 0 Å². The Morgan fingerprint density at radius 2 is 1.88 bits per heavy atom. The molecule has 1 fully saturated rings. The molecular formula is C11H16ClNO3S. The molecule has 0 amide bonds. The van der Waals surface area contributed by atoms with Crippen LogP contribution in [0.3, 0.4) is 0 Å². The van der Waals surface area contributed by atoms with E-state index in [9.17, 15) is 8.42 Å². The van der Waals surface area contributed by atoms with Crippen molar-refractivity contribution < 1.29 is 12.6 Å². The number of hydrogen-bond acceptors (Lipinski definition) is 4. The predicted molar refractivity (Wildman–Crippen MR) is 68.7 cm³/mol. The van der Waals surface area contributed by atoms with Gasteiger partial charge in [-0.2, -0.15) is 8.42 Å². The average molecular weight is 278 g/mol. The van der Waals surface area contributed by atoms with E-state index in [-0.39, 0.29) is 18.5 Å². The number of likely N-dealkylation sites (tertiary alicyclic amines) is 1. The van der Waals surface area contributed by atoms with Crippen LogP contribution >= 0.6 is 12.4 Å². The van der Waals surface area contributed by atoms with Crippen molar-refractivity contribution >= 4 is 22.5 Å². The highest BCUT2D eigenvalue weighted by Gasteiger charge is 2.30. The highest BCUT2D eigenvalue weighted by molar-refractivity contribution is 7.86. The first-order valence-electron chi connectivity index (χ1n) is 5.17. The highest BCUT2D eigenvalue weighted by Crippen LogP contribution is 2.16. The standard InChI is InChI=1S/C11H15NO3S.ClH/c1-16(13,14)15-11-8-12(9-11)7-10-5-3-2-4-6-10;/h2-6,11H,7-9H2,1H3;1H. The zero-order chi connectivity index (χ0) is 11.6. The molecule has 17 heavy (non-hydrogen) atoms. The summed E-state index contributed by atoms with van der Waals surface area (Å²) in [6.07, 6.45) is 0.922. The number of halogens is 1.